The molecular formula is C11H12O6S. The highest BCUT2D eigenvalue weighted by molar-refractivity contribution is 7.92. The molecule has 1 aliphatic rings. The molecule has 0 saturated carbocycles. The van der Waals surface area contributed by atoms with Crippen molar-refractivity contribution in [2.45, 2.75) is 23.5 Å². The SMILES string of the molecule is CC(CC(=O)O)S(=O)(=O)c1ccc2c(c1)OCO2. The van der Waals surface area contributed by atoms with Gasteiger partial charge in [-0.25, -0.2) is 8.42 Å². The van der Waals surface area contributed by atoms with Gasteiger partial charge in [0.05, 0.1) is 16.6 Å². The zero-order chi connectivity index (χ0) is 13.3. The molecule has 1 atom stereocenters. The minimum atomic E-state index is -3.67. The topological polar surface area (TPSA) is 89.9 Å². The number of sulfone groups is 1. The number of carbonyl (C=O) groups is 1. The van der Waals surface area contributed by atoms with E-state index in [0.29, 0.717) is 11.5 Å². The third-order valence-corrected chi connectivity index (χ3v) is 4.80. The Balaban J connectivity index is 2.33. The van der Waals surface area contributed by atoms with Crippen LogP contribution in [-0.4, -0.2) is 31.5 Å². The second-order valence-corrected chi connectivity index (χ2v) is 6.33. The summed E-state index contributed by atoms with van der Waals surface area (Å²) in [5, 5.41) is 7.65. The molecule has 0 radical (unpaired) electrons. The Bertz CT molecular complexity index is 577. The third-order valence-electron chi connectivity index (χ3n) is 2.66. The fourth-order valence-electron chi connectivity index (χ4n) is 1.64. The van der Waals surface area contributed by atoms with Gasteiger partial charge < -0.3 is 14.6 Å². The van der Waals surface area contributed by atoms with Gasteiger partial charge in [-0.05, 0) is 19.1 Å². The number of hydrogen-bond donors (Lipinski definition) is 1. The largest absolute Gasteiger partial charge is 0.481 e. The van der Waals surface area contributed by atoms with Gasteiger partial charge in [0.1, 0.15) is 0 Å². The summed E-state index contributed by atoms with van der Waals surface area (Å²) in [7, 11) is -3.67. The zero-order valence-electron chi connectivity index (χ0n) is 9.62. The van der Waals surface area contributed by atoms with Crippen molar-refractivity contribution in [1.29, 1.82) is 0 Å². The molecule has 1 heterocycles. The number of aliphatic carboxylic acids is 1. The number of ether oxygens (including phenoxy) is 2. The molecule has 0 spiro atoms. The maximum absolute atomic E-state index is 12.1. The van der Waals surface area contributed by atoms with E-state index in [9.17, 15) is 13.2 Å². The van der Waals surface area contributed by atoms with Crippen LogP contribution in [0.3, 0.4) is 0 Å². The normalized spacial score (nSPS) is 15.4. The molecular weight excluding hydrogens is 260 g/mol. The van der Waals surface area contributed by atoms with E-state index in [0.717, 1.165) is 0 Å². The van der Waals surface area contributed by atoms with Crippen molar-refractivity contribution in [2.24, 2.45) is 0 Å². The first-order chi connectivity index (χ1) is 8.41. The Morgan fingerprint density at radius 3 is 2.72 bits per heavy atom. The lowest BCUT2D eigenvalue weighted by Crippen LogP contribution is -2.21. The van der Waals surface area contributed by atoms with Crippen molar-refractivity contribution < 1.29 is 27.8 Å². The fourth-order valence-corrected chi connectivity index (χ4v) is 3.00. The van der Waals surface area contributed by atoms with Crippen LogP contribution in [0.1, 0.15) is 13.3 Å². The molecule has 1 aromatic carbocycles. The number of carboxylic acid groups (broad SMARTS) is 1. The molecule has 6 nitrogen and oxygen atoms in total. The van der Waals surface area contributed by atoms with Gasteiger partial charge in [0, 0.05) is 6.07 Å². The predicted molar refractivity (Wildman–Crippen MR) is 61.5 cm³/mol. The van der Waals surface area contributed by atoms with Crippen LogP contribution in [0.15, 0.2) is 23.1 Å². The van der Waals surface area contributed by atoms with Crippen LogP contribution in [0.5, 0.6) is 11.5 Å². The lowest BCUT2D eigenvalue weighted by atomic mass is 10.3. The zero-order valence-corrected chi connectivity index (χ0v) is 10.4. The monoisotopic (exact) mass is 272 g/mol. The van der Waals surface area contributed by atoms with E-state index >= 15 is 0 Å². The summed E-state index contributed by atoms with van der Waals surface area (Å²) in [4.78, 5) is 10.6. The second-order valence-electron chi connectivity index (χ2n) is 3.97. The molecule has 0 bridgehead atoms. The van der Waals surface area contributed by atoms with E-state index in [2.05, 4.69) is 0 Å². The smallest absolute Gasteiger partial charge is 0.304 e. The van der Waals surface area contributed by atoms with Crippen molar-refractivity contribution in [2.75, 3.05) is 6.79 Å². The fraction of sp³-hybridized carbons (Fsp3) is 0.364. The Morgan fingerprint density at radius 2 is 2.06 bits per heavy atom. The summed E-state index contributed by atoms with van der Waals surface area (Å²) >= 11 is 0. The van der Waals surface area contributed by atoms with Crippen LogP contribution in [0, 0.1) is 0 Å². The van der Waals surface area contributed by atoms with E-state index in [-0.39, 0.29) is 11.7 Å². The first kappa shape index (κ1) is 12.7. The van der Waals surface area contributed by atoms with E-state index in [1.54, 1.807) is 0 Å². The Labute approximate surface area is 104 Å². The molecule has 1 aromatic rings. The van der Waals surface area contributed by atoms with Crippen LogP contribution >= 0.6 is 0 Å². The molecule has 0 saturated heterocycles. The maximum Gasteiger partial charge on any atom is 0.304 e. The molecule has 1 aliphatic heterocycles. The molecule has 1 N–H and O–H groups in total. The Kier molecular flexibility index (Phi) is 3.16. The summed E-state index contributed by atoms with van der Waals surface area (Å²) in [6.07, 6.45) is -0.434. The summed E-state index contributed by atoms with van der Waals surface area (Å²) in [5.74, 6) is -0.301. The molecule has 7 heteroatoms. The highest BCUT2D eigenvalue weighted by atomic mass is 32.2. The number of fused-ring (bicyclic) bond motifs is 1. The molecule has 0 aliphatic carbocycles. The van der Waals surface area contributed by atoms with Crippen LogP contribution < -0.4 is 9.47 Å². The third kappa shape index (κ3) is 2.26. The predicted octanol–water partition coefficient (Wildman–Crippen LogP) is 1.05. The van der Waals surface area contributed by atoms with E-state index < -0.39 is 27.5 Å². The average molecular weight is 272 g/mol. The minimum Gasteiger partial charge on any atom is -0.481 e. The summed E-state index contributed by atoms with van der Waals surface area (Å²) in [6, 6.07) is 4.25. The number of hydrogen-bond acceptors (Lipinski definition) is 5. The van der Waals surface area contributed by atoms with Gasteiger partial charge in [-0.15, -0.1) is 0 Å². The van der Waals surface area contributed by atoms with Gasteiger partial charge >= 0.3 is 5.97 Å². The quantitative estimate of drug-likeness (QED) is 0.881. The lowest BCUT2D eigenvalue weighted by molar-refractivity contribution is -0.136. The first-order valence-corrected chi connectivity index (χ1v) is 6.81. The standard InChI is InChI=1S/C11H12O6S/c1-7(4-11(12)13)18(14,15)8-2-3-9-10(5-8)17-6-16-9/h2-3,5,7H,4,6H2,1H3,(H,12,13). The van der Waals surface area contributed by atoms with E-state index in [4.69, 9.17) is 14.6 Å². The molecule has 0 fully saturated rings. The summed E-state index contributed by atoms with van der Waals surface area (Å²) in [5.41, 5.74) is 0. The van der Waals surface area contributed by atoms with Gasteiger partial charge in [-0.1, -0.05) is 0 Å². The van der Waals surface area contributed by atoms with Crippen LogP contribution in [0.25, 0.3) is 0 Å². The number of rotatable bonds is 4. The van der Waals surface area contributed by atoms with Crippen LogP contribution in [0.4, 0.5) is 0 Å². The van der Waals surface area contributed by atoms with Crippen molar-refractivity contribution >= 4 is 15.8 Å². The van der Waals surface area contributed by atoms with Gasteiger partial charge in [-0.2, -0.15) is 0 Å². The average Bonchev–Trinajstić information content (AvgIpc) is 2.74. The molecule has 1 unspecified atom stereocenters. The van der Waals surface area contributed by atoms with Crippen molar-refractivity contribution in [3.63, 3.8) is 0 Å². The highest BCUT2D eigenvalue weighted by Gasteiger charge is 2.27. The van der Waals surface area contributed by atoms with Gasteiger partial charge in [0.25, 0.3) is 0 Å². The first-order valence-electron chi connectivity index (χ1n) is 5.26. The highest BCUT2D eigenvalue weighted by Crippen LogP contribution is 2.34. The van der Waals surface area contributed by atoms with Crippen molar-refractivity contribution in [1.82, 2.24) is 0 Å². The molecule has 98 valence electrons. The van der Waals surface area contributed by atoms with Crippen molar-refractivity contribution in [3.05, 3.63) is 18.2 Å². The Hall–Kier alpha value is -1.76. The van der Waals surface area contributed by atoms with E-state index in [1.165, 1.54) is 25.1 Å². The number of carboxylic acids is 1. The van der Waals surface area contributed by atoms with Gasteiger partial charge in [0.15, 0.2) is 21.3 Å². The maximum atomic E-state index is 12.1. The second kappa shape index (κ2) is 4.49. The van der Waals surface area contributed by atoms with Crippen molar-refractivity contribution in [3.8, 4) is 11.5 Å². The van der Waals surface area contributed by atoms with E-state index in [1.807, 2.05) is 0 Å². The van der Waals surface area contributed by atoms with Gasteiger partial charge in [-0.3, -0.25) is 4.79 Å². The molecule has 2 rings (SSSR count). The Morgan fingerprint density at radius 1 is 1.39 bits per heavy atom. The van der Waals surface area contributed by atoms with Crippen LogP contribution in [-0.2, 0) is 14.6 Å². The van der Waals surface area contributed by atoms with Crippen LogP contribution in [0.2, 0.25) is 0 Å². The minimum absolute atomic E-state index is 0.0421. The number of benzene rings is 1. The molecule has 18 heavy (non-hydrogen) atoms. The molecule has 0 amide bonds. The molecule has 0 aromatic heterocycles. The summed E-state index contributed by atoms with van der Waals surface area (Å²) < 4.78 is 34.4. The summed E-state index contributed by atoms with van der Waals surface area (Å²) in [6.45, 7) is 1.43. The lowest BCUT2D eigenvalue weighted by Gasteiger charge is -2.11. The van der Waals surface area contributed by atoms with Gasteiger partial charge in [0.2, 0.25) is 6.79 Å².